The number of hydrogen-bond donors (Lipinski definition) is 1. The monoisotopic (exact) mass is 200 g/mol. The summed E-state index contributed by atoms with van der Waals surface area (Å²) >= 11 is 0. The van der Waals surface area contributed by atoms with E-state index >= 15 is 0 Å². The lowest BCUT2D eigenvalue weighted by Gasteiger charge is -2.20. The Morgan fingerprint density at radius 3 is 2.43 bits per heavy atom. The van der Waals surface area contributed by atoms with Gasteiger partial charge in [-0.2, -0.15) is 0 Å². The number of nitrogens with zero attached hydrogens (tertiary/aromatic N) is 1. The molecule has 3 heteroatoms. The van der Waals surface area contributed by atoms with E-state index in [0.717, 1.165) is 12.3 Å². The molecule has 1 saturated heterocycles. The van der Waals surface area contributed by atoms with Crippen molar-refractivity contribution in [1.29, 1.82) is 0 Å². The third-order valence-corrected chi connectivity index (χ3v) is 2.43. The van der Waals surface area contributed by atoms with Crippen molar-refractivity contribution >= 4 is 6.29 Å². The molecular weight excluding hydrogens is 176 g/mol. The van der Waals surface area contributed by atoms with Crippen molar-refractivity contribution in [2.75, 3.05) is 26.7 Å². The Labute approximate surface area is 87.9 Å². The lowest BCUT2D eigenvalue weighted by molar-refractivity contribution is -0.110. The fourth-order valence-electron chi connectivity index (χ4n) is 1.27. The van der Waals surface area contributed by atoms with Crippen LogP contribution in [-0.2, 0) is 4.79 Å². The summed E-state index contributed by atoms with van der Waals surface area (Å²) in [6.45, 7) is 9.48. The molecule has 0 spiro atoms. The Balaban J connectivity index is 0.000000292. The number of hydrogen-bond acceptors (Lipinski definition) is 3. The van der Waals surface area contributed by atoms with Crippen LogP contribution in [0.5, 0.6) is 0 Å². The summed E-state index contributed by atoms with van der Waals surface area (Å²) in [6, 6.07) is 0.801. The van der Waals surface area contributed by atoms with Crippen LogP contribution in [0.3, 0.4) is 0 Å². The predicted molar refractivity (Wildman–Crippen MR) is 60.5 cm³/mol. The molecule has 84 valence electrons. The van der Waals surface area contributed by atoms with E-state index in [9.17, 15) is 4.79 Å². The van der Waals surface area contributed by atoms with Gasteiger partial charge in [0.15, 0.2) is 0 Å². The summed E-state index contributed by atoms with van der Waals surface area (Å²) in [5.41, 5.74) is 0. The maximum Gasteiger partial charge on any atom is 0.122 e. The van der Waals surface area contributed by atoms with Crippen molar-refractivity contribution in [2.24, 2.45) is 5.92 Å². The van der Waals surface area contributed by atoms with Crippen LogP contribution in [0, 0.1) is 5.92 Å². The van der Waals surface area contributed by atoms with Crippen LogP contribution < -0.4 is 5.32 Å². The highest BCUT2D eigenvalue weighted by Crippen LogP contribution is 2.04. The lowest BCUT2D eigenvalue weighted by Crippen LogP contribution is -2.32. The first kappa shape index (κ1) is 13.6. The highest BCUT2D eigenvalue weighted by atomic mass is 16.1. The van der Waals surface area contributed by atoms with E-state index in [4.69, 9.17) is 0 Å². The van der Waals surface area contributed by atoms with Gasteiger partial charge in [-0.05, 0) is 26.6 Å². The molecule has 0 aromatic rings. The SMILES string of the molecule is CC(C)C=O.CCN(C)C1CCNC1. The predicted octanol–water partition coefficient (Wildman–Crippen LogP) is 1.14. The number of carbonyl (C=O) groups is 1. The zero-order valence-electron chi connectivity index (χ0n) is 9.92. The van der Waals surface area contributed by atoms with Crippen molar-refractivity contribution in [3.05, 3.63) is 0 Å². The minimum absolute atomic E-state index is 0.204. The smallest absolute Gasteiger partial charge is 0.122 e. The first-order chi connectivity index (χ1) is 6.61. The second-order valence-corrected chi connectivity index (χ2v) is 4.10. The third kappa shape index (κ3) is 6.11. The molecule has 0 aromatic carbocycles. The van der Waals surface area contributed by atoms with E-state index in [0.29, 0.717) is 0 Å². The summed E-state index contributed by atoms with van der Waals surface area (Å²) in [4.78, 5) is 11.9. The summed E-state index contributed by atoms with van der Waals surface area (Å²) in [7, 11) is 2.19. The fourth-order valence-corrected chi connectivity index (χ4v) is 1.27. The van der Waals surface area contributed by atoms with E-state index in [1.807, 2.05) is 13.8 Å². The Bertz CT molecular complexity index is 142. The zero-order valence-corrected chi connectivity index (χ0v) is 9.92. The summed E-state index contributed by atoms with van der Waals surface area (Å²) in [5.74, 6) is 0.204. The molecule has 1 N–H and O–H groups in total. The van der Waals surface area contributed by atoms with Crippen LogP contribution in [0.25, 0.3) is 0 Å². The summed E-state index contributed by atoms with van der Waals surface area (Å²) in [5, 5.41) is 3.35. The third-order valence-electron chi connectivity index (χ3n) is 2.43. The van der Waals surface area contributed by atoms with Crippen molar-refractivity contribution in [1.82, 2.24) is 10.2 Å². The van der Waals surface area contributed by atoms with Crippen molar-refractivity contribution < 1.29 is 4.79 Å². The number of carbonyl (C=O) groups excluding carboxylic acids is 1. The quantitative estimate of drug-likeness (QED) is 0.693. The van der Waals surface area contributed by atoms with Gasteiger partial charge in [0.1, 0.15) is 6.29 Å². The van der Waals surface area contributed by atoms with Gasteiger partial charge in [0, 0.05) is 18.5 Å². The molecule has 1 heterocycles. The van der Waals surface area contributed by atoms with Gasteiger partial charge in [-0.3, -0.25) is 0 Å². The minimum atomic E-state index is 0.204. The molecule has 1 aliphatic heterocycles. The second-order valence-electron chi connectivity index (χ2n) is 4.10. The van der Waals surface area contributed by atoms with Crippen LogP contribution >= 0.6 is 0 Å². The Morgan fingerprint density at radius 2 is 2.14 bits per heavy atom. The maximum absolute atomic E-state index is 9.50. The van der Waals surface area contributed by atoms with Gasteiger partial charge in [0.2, 0.25) is 0 Å². The molecule has 1 atom stereocenters. The topological polar surface area (TPSA) is 32.3 Å². The normalized spacial score (nSPS) is 20.9. The van der Waals surface area contributed by atoms with Gasteiger partial charge in [-0.1, -0.05) is 20.8 Å². The minimum Gasteiger partial charge on any atom is -0.315 e. The van der Waals surface area contributed by atoms with Crippen LogP contribution in [0.1, 0.15) is 27.2 Å². The first-order valence-electron chi connectivity index (χ1n) is 5.48. The Hall–Kier alpha value is -0.410. The molecule has 0 bridgehead atoms. The van der Waals surface area contributed by atoms with Crippen LogP contribution in [0.2, 0.25) is 0 Å². The zero-order chi connectivity index (χ0) is 11.0. The molecule has 1 fully saturated rings. The number of aldehydes is 1. The van der Waals surface area contributed by atoms with Crippen molar-refractivity contribution in [2.45, 2.75) is 33.2 Å². The largest absolute Gasteiger partial charge is 0.315 e. The average Bonchev–Trinajstić information content (AvgIpc) is 2.70. The van der Waals surface area contributed by atoms with E-state index in [-0.39, 0.29) is 5.92 Å². The Morgan fingerprint density at radius 1 is 1.57 bits per heavy atom. The second kappa shape index (κ2) is 7.94. The van der Waals surface area contributed by atoms with Crippen LogP contribution in [0.15, 0.2) is 0 Å². The van der Waals surface area contributed by atoms with E-state index in [2.05, 4.69) is 24.2 Å². The number of likely N-dealkylation sites (N-methyl/N-ethyl adjacent to an activating group) is 1. The van der Waals surface area contributed by atoms with Gasteiger partial charge >= 0.3 is 0 Å². The van der Waals surface area contributed by atoms with E-state index in [1.165, 1.54) is 26.1 Å². The molecule has 14 heavy (non-hydrogen) atoms. The summed E-state index contributed by atoms with van der Waals surface area (Å²) in [6.07, 6.45) is 2.24. The molecule has 3 nitrogen and oxygen atoms in total. The molecule has 0 amide bonds. The molecule has 1 unspecified atom stereocenters. The van der Waals surface area contributed by atoms with E-state index < -0.39 is 0 Å². The molecule has 1 aliphatic rings. The van der Waals surface area contributed by atoms with Gasteiger partial charge < -0.3 is 15.0 Å². The van der Waals surface area contributed by atoms with Crippen LogP contribution in [0.4, 0.5) is 0 Å². The van der Waals surface area contributed by atoms with Crippen LogP contribution in [-0.4, -0.2) is 43.9 Å². The van der Waals surface area contributed by atoms with Gasteiger partial charge in [0.25, 0.3) is 0 Å². The number of nitrogens with one attached hydrogen (secondary N) is 1. The molecule has 0 aromatic heterocycles. The highest BCUT2D eigenvalue weighted by Gasteiger charge is 2.16. The Kier molecular flexibility index (Phi) is 7.71. The fraction of sp³-hybridized carbons (Fsp3) is 0.909. The van der Waals surface area contributed by atoms with Gasteiger partial charge in [-0.15, -0.1) is 0 Å². The average molecular weight is 200 g/mol. The molecular formula is C11H24N2O. The number of rotatable bonds is 3. The molecule has 1 rings (SSSR count). The lowest BCUT2D eigenvalue weighted by atomic mass is 10.2. The molecule has 0 aliphatic carbocycles. The molecule has 0 radical (unpaired) electrons. The first-order valence-corrected chi connectivity index (χ1v) is 5.48. The van der Waals surface area contributed by atoms with Gasteiger partial charge in [-0.25, -0.2) is 0 Å². The summed E-state index contributed by atoms with van der Waals surface area (Å²) < 4.78 is 0. The van der Waals surface area contributed by atoms with Gasteiger partial charge in [0.05, 0.1) is 0 Å². The molecule has 0 saturated carbocycles. The van der Waals surface area contributed by atoms with Crippen molar-refractivity contribution in [3.8, 4) is 0 Å². The van der Waals surface area contributed by atoms with Crippen molar-refractivity contribution in [3.63, 3.8) is 0 Å². The maximum atomic E-state index is 9.50. The highest BCUT2D eigenvalue weighted by molar-refractivity contribution is 5.51. The standard InChI is InChI=1S/C7H16N2.C4H8O/c1-3-9(2)7-4-5-8-6-7;1-4(2)3-5/h7-8H,3-6H2,1-2H3;3-4H,1-2H3. The van der Waals surface area contributed by atoms with E-state index in [1.54, 1.807) is 0 Å².